The van der Waals surface area contributed by atoms with E-state index >= 15 is 0 Å². The number of hydroxylamine groups is 1. The number of amides is 1. The van der Waals surface area contributed by atoms with Gasteiger partial charge < -0.3 is 9.57 Å². The van der Waals surface area contributed by atoms with Crippen LogP contribution in [0.15, 0.2) is 12.3 Å². The fourth-order valence-electron chi connectivity index (χ4n) is 1.27. The predicted molar refractivity (Wildman–Crippen MR) is 75.5 cm³/mol. The molecule has 0 aromatic carbocycles. The lowest BCUT2D eigenvalue weighted by molar-refractivity contribution is -0.00170. The van der Waals surface area contributed by atoms with Crippen LogP contribution in [-0.4, -0.2) is 27.6 Å². The number of nitrogens with zero attached hydrogens (tertiary/aromatic N) is 2. The van der Waals surface area contributed by atoms with Gasteiger partial charge in [-0.3, -0.25) is 0 Å². The van der Waals surface area contributed by atoms with Gasteiger partial charge in [-0.15, -0.1) is 5.48 Å². The Morgan fingerprint density at radius 1 is 1.14 bits per heavy atom. The van der Waals surface area contributed by atoms with Gasteiger partial charge in [-0.2, -0.15) is 0 Å². The molecule has 1 N–H and O–H groups in total. The predicted octanol–water partition coefficient (Wildman–Crippen LogP) is 2.37. The molecule has 0 bridgehead atoms. The Morgan fingerprint density at radius 3 is 2.29 bits per heavy atom. The zero-order chi connectivity index (χ0) is 16.3. The molecule has 0 saturated carbocycles. The maximum atomic E-state index is 11.8. The number of rotatable bonds is 1. The minimum absolute atomic E-state index is 0.0611. The van der Waals surface area contributed by atoms with Crippen molar-refractivity contribution in [2.75, 3.05) is 0 Å². The van der Waals surface area contributed by atoms with E-state index in [1.807, 2.05) is 26.3 Å². The lowest BCUT2D eigenvalue weighted by Crippen LogP contribution is -2.34. The summed E-state index contributed by atoms with van der Waals surface area (Å²) in [5.41, 5.74) is 1.01. The first-order valence-electron chi connectivity index (χ1n) is 6.53. The van der Waals surface area contributed by atoms with E-state index in [1.54, 1.807) is 20.8 Å². The molecule has 0 unspecified atom stereocenters. The van der Waals surface area contributed by atoms with Crippen molar-refractivity contribution in [2.45, 2.75) is 52.6 Å². The summed E-state index contributed by atoms with van der Waals surface area (Å²) < 4.78 is 4.94. The third kappa shape index (κ3) is 5.76. The van der Waals surface area contributed by atoms with Gasteiger partial charge in [-0.1, -0.05) is 20.8 Å². The van der Waals surface area contributed by atoms with Gasteiger partial charge in [-0.25, -0.2) is 19.6 Å². The number of hydrogen-bond acceptors (Lipinski definition) is 6. The molecule has 21 heavy (non-hydrogen) atoms. The fourth-order valence-corrected chi connectivity index (χ4v) is 1.27. The molecule has 0 aliphatic carbocycles. The lowest BCUT2D eigenvalue weighted by Gasteiger charge is -2.19. The summed E-state index contributed by atoms with van der Waals surface area (Å²) in [7, 11) is 0. The van der Waals surface area contributed by atoms with Crippen molar-refractivity contribution in [2.24, 2.45) is 0 Å². The number of ether oxygens (including phenoxy) is 1. The van der Waals surface area contributed by atoms with Crippen LogP contribution in [0.25, 0.3) is 0 Å². The second-order valence-corrected chi connectivity index (χ2v) is 6.51. The monoisotopic (exact) mass is 295 g/mol. The first-order valence-corrected chi connectivity index (χ1v) is 6.53. The van der Waals surface area contributed by atoms with Gasteiger partial charge in [-0.05, 0) is 26.8 Å². The van der Waals surface area contributed by atoms with Crippen molar-refractivity contribution < 1.29 is 19.2 Å². The number of carbonyl (C=O) groups is 2. The van der Waals surface area contributed by atoms with Gasteiger partial charge in [0.15, 0.2) is 5.69 Å². The van der Waals surface area contributed by atoms with Gasteiger partial charge in [0.2, 0.25) is 0 Å². The van der Waals surface area contributed by atoms with Crippen LogP contribution in [0.2, 0.25) is 0 Å². The van der Waals surface area contributed by atoms with E-state index in [0.717, 1.165) is 0 Å². The second kappa shape index (κ2) is 6.07. The Bertz CT molecular complexity index is 530. The van der Waals surface area contributed by atoms with Crippen LogP contribution in [0.5, 0.6) is 0 Å². The van der Waals surface area contributed by atoms with Gasteiger partial charge in [0.05, 0.1) is 0 Å². The molecule has 0 radical (unpaired) electrons. The number of carbonyl (C=O) groups excluding carboxylic acids is 2. The van der Waals surface area contributed by atoms with Gasteiger partial charge >= 0.3 is 12.1 Å². The van der Waals surface area contributed by atoms with Crippen molar-refractivity contribution in [3.05, 3.63) is 23.8 Å². The molecule has 0 aliphatic rings. The van der Waals surface area contributed by atoms with Crippen molar-refractivity contribution in [3.63, 3.8) is 0 Å². The lowest BCUT2D eigenvalue weighted by atomic mass is 9.96. The summed E-state index contributed by atoms with van der Waals surface area (Å²) in [4.78, 5) is 36.1. The molecular weight excluding hydrogens is 274 g/mol. The molecule has 1 aromatic heterocycles. The Kier molecular flexibility index (Phi) is 4.88. The molecule has 0 spiro atoms. The van der Waals surface area contributed by atoms with E-state index < -0.39 is 17.7 Å². The van der Waals surface area contributed by atoms with Gasteiger partial charge in [0.1, 0.15) is 11.4 Å². The summed E-state index contributed by atoms with van der Waals surface area (Å²) in [6.07, 6.45) is 0.624. The number of hydrogen-bond donors (Lipinski definition) is 1. The van der Waals surface area contributed by atoms with Crippen LogP contribution in [-0.2, 0) is 15.0 Å². The highest BCUT2D eigenvalue weighted by Crippen LogP contribution is 2.17. The molecule has 1 rings (SSSR count). The highest BCUT2D eigenvalue weighted by molar-refractivity contribution is 5.87. The maximum absolute atomic E-state index is 11.8. The van der Waals surface area contributed by atoms with Crippen molar-refractivity contribution >= 4 is 12.1 Å². The van der Waals surface area contributed by atoms with E-state index in [2.05, 4.69) is 14.8 Å². The van der Waals surface area contributed by atoms with Crippen LogP contribution in [0, 0.1) is 0 Å². The molecule has 7 nitrogen and oxygen atoms in total. The molecule has 0 aliphatic heterocycles. The minimum Gasteiger partial charge on any atom is -0.442 e. The SMILES string of the molecule is CC(C)(C)OC(=O)NOC(=O)c1ccnc(C(C)(C)C)n1. The summed E-state index contributed by atoms with van der Waals surface area (Å²) in [5, 5.41) is 0. The van der Waals surface area contributed by atoms with Crippen LogP contribution < -0.4 is 5.48 Å². The van der Waals surface area contributed by atoms with Crippen LogP contribution in [0.1, 0.15) is 57.9 Å². The highest BCUT2D eigenvalue weighted by Gasteiger charge is 2.21. The third-order valence-electron chi connectivity index (χ3n) is 2.16. The smallest absolute Gasteiger partial charge is 0.441 e. The Labute approximate surface area is 124 Å². The average molecular weight is 295 g/mol. The zero-order valence-corrected chi connectivity index (χ0v) is 13.2. The van der Waals surface area contributed by atoms with E-state index in [9.17, 15) is 9.59 Å². The largest absolute Gasteiger partial charge is 0.442 e. The van der Waals surface area contributed by atoms with Crippen molar-refractivity contribution in [1.29, 1.82) is 0 Å². The topological polar surface area (TPSA) is 90.4 Å². The molecule has 1 amide bonds. The minimum atomic E-state index is -0.846. The first kappa shape index (κ1) is 16.9. The zero-order valence-electron chi connectivity index (χ0n) is 13.2. The van der Waals surface area contributed by atoms with Gasteiger partial charge in [0.25, 0.3) is 0 Å². The maximum Gasteiger partial charge on any atom is 0.441 e. The third-order valence-corrected chi connectivity index (χ3v) is 2.16. The fraction of sp³-hybridized carbons (Fsp3) is 0.571. The first-order chi connectivity index (χ1) is 9.49. The molecule has 0 saturated heterocycles. The quantitative estimate of drug-likeness (QED) is 0.800. The summed E-state index contributed by atoms with van der Waals surface area (Å²) >= 11 is 0. The molecule has 116 valence electrons. The van der Waals surface area contributed by atoms with E-state index in [1.165, 1.54) is 12.3 Å². The molecular formula is C14H21N3O4. The number of aromatic nitrogens is 2. The van der Waals surface area contributed by atoms with E-state index in [0.29, 0.717) is 5.82 Å². The summed E-state index contributed by atoms with van der Waals surface area (Å²) in [6.45, 7) is 10.9. The molecule has 0 atom stereocenters. The van der Waals surface area contributed by atoms with Crippen LogP contribution >= 0.6 is 0 Å². The standard InChI is InChI=1S/C14H21N3O4/c1-13(2,3)11-15-8-7-9(16-11)10(18)21-17-12(19)20-14(4,5)6/h7-8H,1-6H3,(H,17,19). The molecule has 1 heterocycles. The van der Waals surface area contributed by atoms with Gasteiger partial charge in [0, 0.05) is 11.6 Å². The normalized spacial score (nSPS) is 11.7. The molecule has 1 aromatic rings. The Morgan fingerprint density at radius 2 is 1.76 bits per heavy atom. The van der Waals surface area contributed by atoms with Crippen LogP contribution in [0.3, 0.4) is 0 Å². The van der Waals surface area contributed by atoms with Crippen LogP contribution in [0.4, 0.5) is 4.79 Å². The summed E-state index contributed by atoms with van der Waals surface area (Å²) in [6, 6.07) is 1.41. The highest BCUT2D eigenvalue weighted by atomic mass is 16.7. The number of nitrogens with one attached hydrogen (secondary N) is 1. The van der Waals surface area contributed by atoms with Crippen molar-refractivity contribution in [1.82, 2.24) is 15.4 Å². The Balaban J connectivity index is 2.67. The average Bonchev–Trinajstić information content (AvgIpc) is 2.33. The summed E-state index contributed by atoms with van der Waals surface area (Å²) in [5.74, 6) is -0.275. The van der Waals surface area contributed by atoms with Crippen molar-refractivity contribution in [3.8, 4) is 0 Å². The second-order valence-electron chi connectivity index (χ2n) is 6.51. The molecule has 0 fully saturated rings. The van der Waals surface area contributed by atoms with E-state index in [-0.39, 0.29) is 11.1 Å². The van der Waals surface area contributed by atoms with E-state index in [4.69, 9.17) is 4.74 Å². The Hall–Kier alpha value is -2.18. The molecule has 7 heteroatoms.